The highest BCUT2D eigenvalue weighted by Gasteiger charge is 2.08. The van der Waals surface area contributed by atoms with Gasteiger partial charge in [0.2, 0.25) is 0 Å². The third-order valence-electron chi connectivity index (χ3n) is 1.55. The first-order valence-electron chi connectivity index (χ1n) is 3.64. The molecule has 0 aromatic heterocycles. The smallest absolute Gasteiger partial charge is 0.182 e. The summed E-state index contributed by atoms with van der Waals surface area (Å²) in [6.07, 6.45) is 0. The molecular weight excluding hydrogens is 190 g/mol. The van der Waals surface area contributed by atoms with Crippen LogP contribution >= 0.6 is 11.6 Å². The summed E-state index contributed by atoms with van der Waals surface area (Å²) >= 11 is 5.65. The number of ketones is 1. The molecule has 0 bridgehead atoms. The van der Waals surface area contributed by atoms with Crippen LogP contribution in [-0.4, -0.2) is 16.7 Å². The number of rotatable bonds is 2. The molecule has 0 spiro atoms. The molecule has 0 atom stereocenters. The van der Waals surface area contributed by atoms with Crippen LogP contribution in [0, 0.1) is 0 Å². The number of halogens is 1. The zero-order chi connectivity index (χ0) is 9.84. The van der Waals surface area contributed by atoms with Gasteiger partial charge in [-0.2, -0.15) is 0 Å². The van der Waals surface area contributed by atoms with Gasteiger partial charge in [-0.3, -0.25) is 4.79 Å². The van der Waals surface area contributed by atoms with Crippen molar-refractivity contribution in [2.24, 2.45) is 5.16 Å². The molecule has 0 aliphatic carbocycles. The average Bonchev–Trinajstić information content (AvgIpc) is 2.09. The summed E-state index contributed by atoms with van der Waals surface area (Å²) in [6, 6.07) is 6.51. The molecular formula is C9H8ClNO2. The Labute approximate surface area is 80.6 Å². The Balaban J connectivity index is 3.07. The van der Waals surface area contributed by atoms with Crippen molar-refractivity contribution in [3.63, 3.8) is 0 Å². The molecule has 0 aliphatic heterocycles. The minimum absolute atomic E-state index is 0.0386. The molecule has 68 valence electrons. The molecule has 0 saturated heterocycles. The molecule has 0 saturated carbocycles. The summed E-state index contributed by atoms with van der Waals surface area (Å²) in [5.41, 5.74) is 0.594. The Morgan fingerprint density at radius 2 is 1.92 bits per heavy atom. The number of oxime groups is 1. The Bertz CT molecular complexity index is 343. The molecule has 0 radical (unpaired) electrons. The third-order valence-corrected chi connectivity index (χ3v) is 1.80. The van der Waals surface area contributed by atoms with Crippen LogP contribution in [-0.2, 0) is 4.79 Å². The van der Waals surface area contributed by atoms with Gasteiger partial charge in [0.15, 0.2) is 11.5 Å². The van der Waals surface area contributed by atoms with E-state index in [1.54, 1.807) is 24.3 Å². The monoisotopic (exact) mass is 197 g/mol. The topological polar surface area (TPSA) is 49.7 Å². The van der Waals surface area contributed by atoms with Gasteiger partial charge in [-0.05, 0) is 12.1 Å². The molecule has 0 aliphatic rings. The van der Waals surface area contributed by atoms with E-state index in [0.717, 1.165) is 0 Å². The Hall–Kier alpha value is -1.35. The summed E-state index contributed by atoms with van der Waals surface area (Å²) in [5.74, 6) is -0.287. The number of carbonyl (C=O) groups is 1. The lowest BCUT2D eigenvalue weighted by Gasteiger charge is -1.99. The summed E-state index contributed by atoms with van der Waals surface area (Å²) in [7, 11) is 0. The summed E-state index contributed by atoms with van der Waals surface area (Å²) in [4.78, 5) is 10.9. The van der Waals surface area contributed by atoms with E-state index < -0.39 is 0 Å². The zero-order valence-electron chi connectivity index (χ0n) is 6.99. The van der Waals surface area contributed by atoms with E-state index in [4.69, 9.17) is 16.8 Å². The molecule has 0 fully saturated rings. The molecule has 0 unspecified atom stereocenters. The first-order valence-corrected chi connectivity index (χ1v) is 4.02. The van der Waals surface area contributed by atoms with E-state index in [1.807, 2.05) is 0 Å². The molecule has 1 aromatic carbocycles. The standard InChI is InChI=1S/C9H8ClNO2/c1-6(12)9(11-13)7-2-4-8(10)5-3-7/h2-5,13H,1H3/b11-9+. The van der Waals surface area contributed by atoms with Gasteiger partial charge in [0.25, 0.3) is 0 Å². The van der Waals surface area contributed by atoms with Crippen molar-refractivity contribution in [1.82, 2.24) is 0 Å². The van der Waals surface area contributed by atoms with Crippen molar-refractivity contribution in [3.05, 3.63) is 34.9 Å². The van der Waals surface area contributed by atoms with Crippen molar-refractivity contribution in [2.45, 2.75) is 6.92 Å². The molecule has 0 heterocycles. The van der Waals surface area contributed by atoms with Crippen molar-refractivity contribution in [2.75, 3.05) is 0 Å². The predicted octanol–water partition coefficient (Wildman–Crippen LogP) is 2.11. The van der Waals surface area contributed by atoms with Gasteiger partial charge in [-0.1, -0.05) is 28.9 Å². The maximum atomic E-state index is 10.9. The van der Waals surface area contributed by atoms with E-state index in [0.29, 0.717) is 10.6 Å². The third kappa shape index (κ3) is 2.29. The van der Waals surface area contributed by atoms with Crippen molar-refractivity contribution >= 4 is 23.1 Å². The van der Waals surface area contributed by atoms with Crippen molar-refractivity contribution in [1.29, 1.82) is 0 Å². The van der Waals surface area contributed by atoms with Crippen LogP contribution in [0.4, 0.5) is 0 Å². The SMILES string of the molecule is CC(=O)/C(=N\O)c1ccc(Cl)cc1. The van der Waals surface area contributed by atoms with Gasteiger partial charge in [-0.15, -0.1) is 0 Å². The fourth-order valence-electron chi connectivity index (χ4n) is 0.939. The van der Waals surface area contributed by atoms with Gasteiger partial charge in [0.1, 0.15) is 0 Å². The van der Waals surface area contributed by atoms with E-state index in [-0.39, 0.29) is 11.5 Å². The minimum atomic E-state index is -0.287. The fourth-order valence-corrected chi connectivity index (χ4v) is 1.07. The van der Waals surface area contributed by atoms with Crippen LogP contribution in [0.15, 0.2) is 29.4 Å². The van der Waals surface area contributed by atoms with E-state index >= 15 is 0 Å². The van der Waals surface area contributed by atoms with Crippen LogP contribution in [0.25, 0.3) is 0 Å². The molecule has 13 heavy (non-hydrogen) atoms. The summed E-state index contributed by atoms with van der Waals surface area (Å²) < 4.78 is 0. The normalized spacial score (nSPS) is 11.4. The quantitative estimate of drug-likeness (QED) is 0.449. The highest BCUT2D eigenvalue weighted by Crippen LogP contribution is 2.10. The lowest BCUT2D eigenvalue weighted by molar-refractivity contribution is -0.111. The molecule has 3 nitrogen and oxygen atoms in total. The lowest BCUT2D eigenvalue weighted by atomic mass is 10.1. The number of nitrogens with zero attached hydrogens (tertiary/aromatic N) is 1. The largest absolute Gasteiger partial charge is 0.410 e. The average molecular weight is 198 g/mol. The second-order valence-electron chi connectivity index (χ2n) is 2.51. The van der Waals surface area contributed by atoms with Crippen molar-refractivity contribution < 1.29 is 10.0 Å². The molecule has 1 rings (SSSR count). The maximum absolute atomic E-state index is 10.9. The van der Waals surface area contributed by atoms with E-state index in [1.165, 1.54) is 6.92 Å². The maximum Gasteiger partial charge on any atom is 0.182 e. The van der Waals surface area contributed by atoms with E-state index in [2.05, 4.69) is 5.16 Å². The number of hydrogen-bond donors (Lipinski definition) is 1. The van der Waals surface area contributed by atoms with Gasteiger partial charge >= 0.3 is 0 Å². The molecule has 4 heteroatoms. The van der Waals surface area contributed by atoms with Gasteiger partial charge in [-0.25, -0.2) is 0 Å². The molecule has 1 N–H and O–H groups in total. The number of benzene rings is 1. The molecule has 0 amide bonds. The van der Waals surface area contributed by atoms with Crippen LogP contribution in [0.5, 0.6) is 0 Å². The highest BCUT2D eigenvalue weighted by molar-refractivity contribution is 6.45. The van der Waals surface area contributed by atoms with Crippen LogP contribution in [0.3, 0.4) is 0 Å². The predicted molar refractivity (Wildman–Crippen MR) is 50.5 cm³/mol. The number of Topliss-reactive ketones (excluding diaryl/α,β-unsaturated/α-hetero) is 1. The van der Waals surface area contributed by atoms with Gasteiger partial charge in [0, 0.05) is 17.5 Å². The second-order valence-corrected chi connectivity index (χ2v) is 2.95. The number of carbonyl (C=O) groups excluding carboxylic acids is 1. The Morgan fingerprint density at radius 1 is 1.38 bits per heavy atom. The fraction of sp³-hybridized carbons (Fsp3) is 0.111. The Morgan fingerprint density at radius 3 is 2.31 bits per heavy atom. The molecule has 1 aromatic rings. The summed E-state index contributed by atoms with van der Waals surface area (Å²) in [5, 5.41) is 12.0. The first kappa shape index (κ1) is 9.74. The van der Waals surface area contributed by atoms with Crippen LogP contribution in [0.2, 0.25) is 5.02 Å². The van der Waals surface area contributed by atoms with E-state index in [9.17, 15) is 4.79 Å². The van der Waals surface area contributed by atoms with Gasteiger partial charge < -0.3 is 5.21 Å². The Kier molecular flexibility index (Phi) is 3.03. The second kappa shape index (κ2) is 4.05. The first-order chi connectivity index (χ1) is 6.15. The summed E-state index contributed by atoms with van der Waals surface area (Å²) in [6.45, 7) is 1.34. The van der Waals surface area contributed by atoms with Crippen molar-refractivity contribution in [3.8, 4) is 0 Å². The minimum Gasteiger partial charge on any atom is -0.410 e. The van der Waals surface area contributed by atoms with Crippen LogP contribution < -0.4 is 0 Å². The van der Waals surface area contributed by atoms with Crippen LogP contribution in [0.1, 0.15) is 12.5 Å². The highest BCUT2D eigenvalue weighted by atomic mass is 35.5. The lowest BCUT2D eigenvalue weighted by Crippen LogP contribution is -2.11. The van der Waals surface area contributed by atoms with Gasteiger partial charge in [0.05, 0.1) is 0 Å². The zero-order valence-corrected chi connectivity index (χ0v) is 7.75. The number of hydrogen-bond acceptors (Lipinski definition) is 3.